The first-order chi connectivity index (χ1) is 9.02. The Morgan fingerprint density at radius 2 is 2.05 bits per heavy atom. The first-order valence-corrected chi connectivity index (χ1v) is 7.06. The van der Waals surface area contributed by atoms with Crippen LogP contribution in [0.1, 0.15) is 34.8 Å². The average Bonchev–Trinajstić information content (AvgIpc) is 2.41. The van der Waals surface area contributed by atoms with Crippen LogP contribution in [0, 0.1) is 19.8 Å². The third kappa shape index (κ3) is 2.98. The Bertz CT molecular complexity index is 470. The molecule has 3 heteroatoms. The second-order valence-corrected chi connectivity index (χ2v) is 5.71. The van der Waals surface area contributed by atoms with Crippen molar-refractivity contribution in [2.45, 2.75) is 33.2 Å². The summed E-state index contributed by atoms with van der Waals surface area (Å²) in [5.41, 5.74) is 3.24. The number of carbonyl (C=O) groups is 1. The lowest BCUT2D eigenvalue weighted by Crippen LogP contribution is -2.49. The largest absolute Gasteiger partial charge is 0.338 e. The van der Waals surface area contributed by atoms with Crippen LogP contribution >= 0.6 is 0 Å². The van der Waals surface area contributed by atoms with Crippen LogP contribution in [0.5, 0.6) is 0 Å². The molecule has 1 N–H and O–H groups in total. The summed E-state index contributed by atoms with van der Waals surface area (Å²) in [6, 6.07) is 6.52. The van der Waals surface area contributed by atoms with Crippen LogP contribution in [0.3, 0.4) is 0 Å². The summed E-state index contributed by atoms with van der Waals surface area (Å²) in [7, 11) is 2.00. The Morgan fingerprint density at radius 3 is 2.63 bits per heavy atom. The fraction of sp³-hybridized carbons (Fsp3) is 0.562. The van der Waals surface area contributed by atoms with Gasteiger partial charge in [0, 0.05) is 24.7 Å². The number of hydrogen-bond acceptors (Lipinski definition) is 2. The van der Waals surface area contributed by atoms with Crippen molar-refractivity contribution in [3.05, 3.63) is 34.9 Å². The van der Waals surface area contributed by atoms with Gasteiger partial charge in [0.15, 0.2) is 0 Å². The standard InChI is InChI=1S/C16H24N2O/c1-11-5-6-14(9-12(11)2)16(19)18-8-7-15(17-4)13(3)10-18/h5-6,9,13,15,17H,7-8,10H2,1-4H3. The summed E-state index contributed by atoms with van der Waals surface area (Å²) in [5.74, 6) is 0.679. The molecule has 2 atom stereocenters. The molecule has 0 aromatic heterocycles. The molecule has 1 saturated heterocycles. The molecule has 1 amide bonds. The molecule has 0 bridgehead atoms. The van der Waals surface area contributed by atoms with Gasteiger partial charge in [0.05, 0.1) is 0 Å². The van der Waals surface area contributed by atoms with Crippen LogP contribution < -0.4 is 5.32 Å². The maximum Gasteiger partial charge on any atom is 0.253 e. The molecule has 3 nitrogen and oxygen atoms in total. The summed E-state index contributed by atoms with van der Waals surface area (Å²) in [4.78, 5) is 14.5. The van der Waals surface area contributed by atoms with Gasteiger partial charge in [-0.05, 0) is 56.5 Å². The van der Waals surface area contributed by atoms with E-state index in [1.165, 1.54) is 11.1 Å². The molecule has 19 heavy (non-hydrogen) atoms. The quantitative estimate of drug-likeness (QED) is 0.885. The molecule has 1 aliphatic heterocycles. The lowest BCUT2D eigenvalue weighted by atomic mass is 9.93. The zero-order valence-electron chi connectivity index (χ0n) is 12.4. The number of nitrogens with zero attached hydrogens (tertiary/aromatic N) is 1. The van der Waals surface area contributed by atoms with Gasteiger partial charge in [0.25, 0.3) is 5.91 Å². The van der Waals surface area contributed by atoms with Crippen LogP contribution in [-0.4, -0.2) is 37.0 Å². The topological polar surface area (TPSA) is 32.3 Å². The number of benzene rings is 1. The van der Waals surface area contributed by atoms with Gasteiger partial charge >= 0.3 is 0 Å². The highest BCUT2D eigenvalue weighted by atomic mass is 16.2. The van der Waals surface area contributed by atoms with Gasteiger partial charge in [-0.25, -0.2) is 0 Å². The first-order valence-electron chi connectivity index (χ1n) is 7.06. The summed E-state index contributed by atoms with van der Waals surface area (Å²) in [5, 5.41) is 3.33. The SMILES string of the molecule is CNC1CCN(C(=O)c2ccc(C)c(C)c2)CC1C. The highest BCUT2D eigenvalue weighted by Crippen LogP contribution is 2.19. The maximum atomic E-state index is 12.5. The van der Waals surface area contributed by atoms with Crippen molar-refractivity contribution >= 4 is 5.91 Å². The van der Waals surface area contributed by atoms with Crippen molar-refractivity contribution in [2.24, 2.45) is 5.92 Å². The number of likely N-dealkylation sites (tertiary alicyclic amines) is 1. The Kier molecular flexibility index (Phi) is 4.25. The monoisotopic (exact) mass is 260 g/mol. The molecule has 2 rings (SSSR count). The van der Waals surface area contributed by atoms with E-state index in [0.717, 1.165) is 25.1 Å². The predicted octanol–water partition coefficient (Wildman–Crippen LogP) is 2.37. The Balaban J connectivity index is 2.10. The molecular weight excluding hydrogens is 236 g/mol. The zero-order valence-corrected chi connectivity index (χ0v) is 12.4. The van der Waals surface area contributed by atoms with E-state index in [-0.39, 0.29) is 5.91 Å². The molecular formula is C16H24N2O. The second-order valence-electron chi connectivity index (χ2n) is 5.71. The molecule has 104 valence electrons. The van der Waals surface area contributed by atoms with Gasteiger partial charge in [0.1, 0.15) is 0 Å². The van der Waals surface area contributed by atoms with E-state index in [0.29, 0.717) is 12.0 Å². The van der Waals surface area contributed by atoms with E-state index in [1.54, 1.807) is 0 Å². The van der Waals surface area contributed by atoms with Crippen LogP contribution in [0.2, 0.25) is 0 Å². The zero-order chi connectivity index (χ0) is 14.0. The van der Waals surface area contributed by atoms with Crippen molar-refractivity contribution in [1.29, 1.82) is 0 Å². The number of rotatable bonds is 2. The number of amides is 1. The highest BCUT2D eigenvalue weighted by Gasteiger charge is 2.28. The minimum Gasteiger partial charge on any atom is -0.338 e. The van der Waals surface area contributed by atoms with E-state index in [9.17, 15) is 4.79 Å². The second kappa shape index (κ2) is 5.74. The van der Waals surface area contributed by atoms with Crippen molar-refractivity contribution in [3.63, 3.8) is 0 Å². The van der Waals surface area contributed by atoms with Crippen molar-refractivity contribution in [2.75, 3.05) is 20.1 Å². The van der Waals surface area contributed by atoms with Crippen molar-refractivity contribution in [3.8, 4) is 0 Å². The fourth-order valence-corrected chi connectivity index (χ4v) is 2.82. The smallest absolute Gasteiger partial charge is 0.253 e. The predicted molar refractivity (Wildman–Crippen MR) is 78.4 cm³/mol. The number of carbonyl (C=O) groups excluding carboxylic acids is 1. The molecule has 0 saturated carbocycles. The van der Waals surface area contributed by atoms with Crippen LogP contribution in [0.4, 0.5) is 0 Å². The molecule has 1 aromatic carbocycles. The maximum absolute atomic E-state index is 12.5. The van der Waals surface area contributed by atoms with Gasteiger partial charge in [-0.15, -0.1) is 0 Å². The summed E-state index contributed by atoms with van der Waals surface area (Å²) >= 11 is 0. The normalized spacial score (nSPS) is 23.5. The van der Waals surface area contributed by atoms with Crippen molar-refractivity contribution < 1.29 is 4.79 Å². The summed E-state index contributed by atoms with van der Waals surface area (Å²) in [6.07, 6.45) is 1.04. The number of nitrogens with one attached hydrogen (secondary N) is 1. The van der Waals surface area contributed by atoms with E-state index in [1.807, 2.05) is 30.1 Å². The number of piperidine rings is 1. The first kappa shape index (κ1) is 14.1. The molecule has 1 aliphatic rings. The van der Waals surface area contributed by atoms with Gasteiger partial charge in [-0.3, -0.25) is 4.79 Å². The van der Waals surface area contributed by atoms with E-state index in [2.05, 4.69) is 26.1 Å². The van der Waals surface area contributed by atoms with Gasteiger partial charge in [-0.1, -0.05) is 13.0 Å². The van der Waals surface area contributed by atoms with Crippen molar-refractivity contribution in [1.82, 2.24) is 10.2 Å². The molecule has 1 aromatic rings. The lowest BCUT2D eigenvalue weighted by molar-refractivity contribution is 0.0649. The minimum atomic E-state index is 0.171. The van der Waals surface area contributed by atoms with E-state index in [4.69, 9.17) is 0 Å². The summed E-state index contributed by atoms with van der Waals surface area (Å²) < 4.78 is 0. The number of aryl methyl sites for hydroxylation is 2. The molecule has 1 fully saturated rings. The lowest BCUT2D eigenvalue weighted by Gasteiger charge is -2.36. The Hall–Kier alpha value is -1.35. The molecule has 0 aliphatic carbocycles. The van der Waals surface area contributed by atoms with E-state index < -0.39 is 0 Å². The van der Waals surface area contributed by atoms with Gasteiger partial charge in [-0.2, -0.15) is 0 Å². The Morgan fingerprint density at radius 1 is 1.32 bits per heavy atom. The molecule has 0 spiro atoms. The minimum absolute atomic E-state index is 0.171. The summed E-state index contributed by atoms with van der Waals surface area (Å²) in [6.45, 7) is 8.03. The molecule has 1 heterocycles. The molecule has 2 unspecified atom stereocenters. The average molecular weight is 260 g/mol. The number of hydrogen-bond donors (Lipinski definition) is 1. The van der Waals surface area contributed by atoms with E-state index >= 15 is 0 Å². The Labute approximate surface area is 116 Å². The third-order valence-electron chi connectivity index (χ3n) is 4.32. The van der Waals surface area contributed by atoms with Crippen LogP contribution in [0.15, 0.2) is 18.2 Å². The van der Waals surface area contributed by atoms with Crippen LogP contribution in [-0.2, 0) is 0 Å². The highest BCUT2D eigenvalue weighted by molar-refractivity contribution is 5.94. The molecule has 0 radical (unpaired) electrons. The van der Waals surface area contributed by atoms with Gasteiger partial charge < -0.3 is 10.2 Å². The third-order valence-corrected chi connectivity index (χ3v) is 4.32. The van der Waals surface area contributed by atoms with Gasteiger partial charge in [0.2, 0.25) is 0 Å². The van der Waals surface area contributed by atoms with Crippen LogP contribution in [0.25, 0.3) is 0 Å². The fourth-order valence-electron chi connectivity index (χ4n) is 2.82.